The van der Waals surface area contributed by atoms with Crippen molar-refractivity contribution < 1.29 is 9.47 Å². The predicted octanol–water partition coefficient (Wildman–Crippen LogP) is 2.99. The summed E-state index contributed by atoms with van der Waals surface area (Å²) >= 11 is 0. The Morgan fingerprint density at radius 1 is 1.15 bits per heavy atom. The first-order chi connectivity index (χ1) is 9.93. The molecular formula is C17H21NO2. The van der Waals surface area contributed by atoms with Crippen molar-refractivity contribution in [3.05, 3.63) is 42.5 Å². The van der Waals surface area contributed by atoms with E-state index in [4.69, 9.17) is 9.47 Å². The van der Waals surface area contributed by atoms with Gasteiger partial charge in [-0.1, -0.05) is 36.4 Å². The lowest BCUT2D eigenvalue weighted by atomic mass is 10.1. The van der Waals surface area contributed by atoms with Crippen LogP contribution >= 0.6 is 0 Å². The van der Waals surface area contributed by atoms with Crippen molar-refractivity contribution >= 4 is 10.8 Å². The second-order valence-electron chi connectivity index (χ2n) is 5.16. The number of hydrogen-bond donors (Lipinski definition) is 1. The van der Waals surface area contributed by atoms with Gasteiger partial charge in [-0.3, -0.25) is 0 Å². The van der Waals surface area contributed by atoms with Gasteiger partial charge in [-0.2, -0.15) is 0 Å². The molecule has 2 aromatic rings. The number of ether oxygens (including phenoxy) is 2. The molecule has 3 heteroatoms. The van der Waals surface area contributed by atoms with E-state index in [-0.39, 0.29) is 0 Å². The molecule has 20 heavy (non-hydrogen) atoms. The van der Waals surface area contributed by atoms with E-state index in [9.17, 15) is 0 Å². The summed E-state index contributed by atoms with van der Waals surface area (Å²) in [6.07, 6.45) is 2.77. The Bertz CT molecular complexity index is 544. The second kappa shape index (κ2) is 6.73. The maximum absolute atomic E-state index is 5.88. The Morgan fingerprint density at radius 3 is 2.95 bits per heavy atom. The minimum atomic E-state index is 0.396. The first kappa shape index (κ1) is 13.4. The smallest absolute Gasteiger partial charge is 0.127 e. The highest BCUT2D eigenvalue weighted by atomic mass is 16.5. The van der Waals surface area contributed by atoms with E-state index >= 15 is 0 Å². The van der Waals surface area contributed by atoms with Crippen LogP contribution in [0.1, 0.15) is 12.8 Å². The van der Waals surface area contributed by atoms with Gasteiger partial charge in [-0.15, -0.1) is 0 Å². The van der Waals surface area contributed by atoms with Crippen molar-refractivity contribution in [1.82, 2.24) is 5.32 Å². The fraction of sp³-hybridized carbons (Fsp3) is 0.412. The predicted molar refractivity (Wildman–Crippen MR) is 81.3 cm³/mol. The first-order valence-electron chi connectivity index (χ1n) is 7.36. The van der Waals surface area contributed by atoms with Gasteiger partial charge in [0, 0.05) is 25.1 Å². The van der Waals surface area contributed by atoms with Gasteiger partial charge >= 0.3 is 0 Å². The number of fused-ring (bicyclic) bond motifs is 1. The van der Waals surface area contributed by atoms with E-state index in [1.165, 1.54) is 23.6 Å². The summed E-state index contributed by atoms with van der Waals surface area (Å²) in [7, 11) is 0. The van der Waals surface area contributed by atoms with Crippen LogP contribution in [-0.2, 0) is 4.74 Å². The van der Waals surface area contributed by atoms with Crippen molar-refractivity contribution in [2.45, 2.75) is 18.9 Å². The van der Waals surface area contributed by atoms with Crippen LogP contribution in [0.5, 0.6) is 5.75 Å². The molecule has 1 aliphatic heterocycles. The highest BCUT2D eigenvalue weighted by Crippen LogP contribution is 2.24. The third-order valence-electron chi connectivity index (χ3n) is 3.68. The normalized spacial score (nSPS) is 18.5. The van der Waals surface area contributed by atoms with Crippen molar-refractivity contribution in [1.29, 1.82) is 0 Å². The van der Waals surface area contributed by atoms with Gasteiger partial charge in [-0.05, 0) is 24.3 Å². The quantitative estimate of drug-likeness (QED) is 0.819. The summed E-state index contributed by atoms with van der Waals surface area (Å²) in [5.74, 6) is 0.960. The molecule has 0 spiro atoms. The Kier molecular flexibility index (Phi) is 4.51. The van der Waals surface area contributed by atoms with E-state index in [1.54, 1.807) is 0 Å². The molecule has 1 atom stereocenters. The summed E-state index contributed by atoms with van der Waals surface area (Å²) in [5.41, 5.74) is 0. The highest BCUT2D eigenvalue weighted by molar-refractivity contribution is 5.88. The lowest BCUT2D eigenvalue weighted by Gasteiger charge is -2.12. The Hall–Kier alpha value is -1.58. The molecule has 1 aliphatic rings. The average molecular weight is 271 g/mol. The lowest BCUT2D eigenvalue weighted by Crippen LogP contribution is -2.29. The largest absolute Gasteiger partial charge is 0.492 e. The van der Waals surface area contributed by atoms with Gasteiger partial charge in [0.25, 0.3) is 0 Å². The summed E-state index contributed by atoms with van der Waals surface area (Å²) in [6.45, 7) is 3.38. The van der Waals surface area contributed by atoms with Gasteiger partial charge in [0.15, 0.2) is 0 Å². The number of hydrogen-bond acceptors (Lipinski definition) is 3. The maximum atomic E-state index is 5.88. The molecule has 1 N–H and O–H groups in total. The molecule has 3 nitrogen and oxygen atoms in total. The topological polar surface area (TPSA) is 30.5 Å². The minimum absolute atomic E-state index is 0.396. The molecule has 0 bridgehead atoms. The Balaban J connectivity index is 1.47. The average Bonchev–Trinajstić information content (AvgIpc) is 3.00. The summed E-state index contributed by atoms with van der Waals surface area (Å²) in [4.78, 5) is 0. The van der Waals surface area contributed by atoms with Crippen molar-refractivity contribution in [3.63, 3.8) is 0 Å². The van der Waals surface area contributed by atoms with Crippen molar-refractivity contribution in [2.24, 2.45) is 0 Å². The van der Waals surface area contributed by atoms with Crippen LogP contribution in [0.25, 0.3) is 10.8 Å². The Morgan fingerprint density at radius 2 is 2.05 bits per heavy atom. The monoisotopic (exact) mass is 271 g/mol. The fourth-order valence-electron chi connectivity index (χ4n) is 2.62. The zero-order valence-corrected chi connectivity index (χ0v) is 11.7. The zero-order chi connectivity index (χ0) is 13.6. The SMILES string of the molecule is c1ccc2c(OCCNC[C@@H]3CCCO3)cccc2c1. The fourth-order valence-corrected chi connectivity index (χ4v) is 2.62. The molecule has 0 aliphatic carbocycles. The molecule has 0 unspecified atom stereocenters. The molecule has 3 rings (SSSR count). The van der Waals surface area contributed by atoms with Crippen LogP contribution in [0.4, 0.5) is 0 Å². The molecular weight excluding hydrogens is 250 g/mol. The molecule has 2 aromatic carbocycles. The van der Waals surface area contributed by atoms with Crippen LogP contribution in [0, 0.1) is 0 Å². The Labute approximate surface area is 119 Å². The summed E-state index contributed by atoms with van der Waals surface area (Å²) < 4.78 is 11.5. The molecule has 1 heterocycles. The number of benzene rings is 2. The molecule has 0 aromatic heterocycles. The first-order valence-corrected chi connectivity index (χ1v) is 7.36. The van der Waals surface area contributed by atoms with Crippen LogP contribution in [0.3, 0.4) is 0 Å². The van der Waals surface area contributed by atoms with Crippen molar-refractivity contribution in [3.8, 4) is 5.75 Å². The van der Waals surface area contributed by atoms with E-state index in [1.807, 2.05) is 18.2 Å². The minimum Gasteiger partial charge on any atom is -0.492 e. The van der Waals surface area contributed by atoms with E-state index < -0.39 is 0 Å². The highest BCUT2D eigenvalue weighted by Gasteiger charge is 2.14. The summed E-state index contributed by atoms with van der Waals surface area (Å²) in [6, 6.07) is 14.5. The zero-order valence-electron chi connectivity index (χ0n) is 11.7. The van der Waals surface area contributed by atoms with Gasteiger partial charge in [0.2, 0.25) is 0 Å². The van der Waals surface area contributed by atoms with Gasteiger partial charge in [-0.25, -0.2) is 0 Å². The number of nitrogens with one attached hydrogen (secondary N) is 1. The van der Waals surface area contributed by atoms with Gasteiger partial charge in [0.05, 0.1) is 6.10 Å². The van der Waals surface area contributed by atoms with Gasteiger partial charge < -0.3 is 14.8 Å². The van der Waals surface area contributed by atoms with Gasteiger partial charge in [0.1, 0.15) is 12.4 Å². The molecule has 0 amide bonds. The number of rotatable bonds is 6. The lowest BCUT2D eigenvalue weighted by molar-refractivity contribution is 0.109. The summed E-state index contributed by atoms with van der Waals surface area (Å²) in [5, 5.41) is 5.79. The van der Waals surface area contributed by atoms with Crippen LogP contribution in [0.2, 0.25) is 0 Å². The third-order valence-corrected chi connectivity index (χ3v) is 3.68. The molecule has 1 fully saturated rings. The van der Waals surface area contributed by atoms with Crippen LogP contribution in [0.15, 0.2) is 42.5 Å². The van der Waals surface area contributed by atoms with E-state index in [0.29, 0.717) is 12.7 Å². The van der Waals surface area contributed by atoms with Crippen LogP contribution < -0.4 is 10.1 Å². The maximum Gasteiger partial charge on any atom is 0.127 e. The third kappa shape index (κ3) is 3.30. The molecule has 106 valence electrons. The van der Waals surface area contributed by atoms with Crippen molar-refractivity contribution in [2.75, 3.05) is 26.3 Å². The molecule has 0 saturated carbocycles. The van der Waals surface area contributed by atoms with Crippen LogP contribution in [-0.4, -0.2) is 32.4 Å². The van der Waals surface area contributed by atoms with E-state index in [2.05, 4.69) is 29.6 Å². The standard InChI is InChI=1S/C17H21NO2/c1-2-8-16-14(5-1)6-3-9-17(16)20-12-10-18-13-15-7-4-11-19-15/h1-3,5-6,8-9,15,18H,4,7,10-13H2/t15-/m0/s1. The van der Waals surface area contributed by atoms with E-state index in [0.717, 1.165) is 25.4 Å². The molecule has 0 radical (unpaired) electrons. The molecule has 1 saturated heterocycles. The second-order valence-corrected chi connectivity index (χ2v) is 5.16.